The molecule has 0 unspecified atom stereocenters. The average Bonchev–Trinajstić information content (AvgIpc) is 2.33. The highest BCUT2D eigenvalue weighted by Gasteiger charge is 2.32. The van der Waals surface area contributed by atoms with E-state index in [0.717, 1.165) is 17.5 Å². The van der Waals surface area contributed by atoms with Crippen LogP contribution in [0.5, 0.6) is 0 Å². The summed E-state index contributed by atoms with van der Waals surface area (Å²) in [5.41, 5.74) is 6.17. The molecule has 1 rings (SSSR count). The Morgan fingerprint density at radius 3 is 2.05 bits per heavy atom. The predicted molar refractivity (Wildman–Crippen MR) is 76.7 cm³/mol. The van der Waals surface area contributed by atoms with E-state index in [1.54, 1.807) is 0 Å². The first-order valence-corrected chi connectivity index (χ1v) is 6.95. The van der Waals surface area contributed by atoms with Gasteiger partial charge in [-0.15, -0.1) is 0 Å². The van der Waals surface area contributed by atoms with E-state index >= 15 is 0 Å². The van der Waals surface area contributed by atoms with Crippen LogP contribution in [-0.4, -0.2) is 6.54 Å². The molecule has 0 amide bonds. The second-order valence-corrected chi connectivity index (χ2v) is 6.55. The summed E-state index contributed by atoms with van der Waals surface area (Å²) in [4.78, 5) is 0. The number of halogens is 3. The van der Waals surface area contributed by atoms with Gasteiger partial charge in [-0.3, -0.25) is 0 Å². The maximum absolute atomic E-state index is 13.0. The van der Waals surface area contributed by atoms with E-state index in [1.807, 2.05) is 33.8 Å². The van der Waals surface area contributed by atoms with Crippen LogP contribution < -0.4 is 5.73 Å². The second kappa shape index (κ2) is 6.17. The van der Waals surface area contributed by atoms with Crippen LogP contribution in [0.15, 0.2) is 18.2 Å². The first kappa shape index (κ1) is 17.0. The van der Waals surface area contributed by atoms with E-state index in [0.29, 0.717) is 18.9 Å². The minimum absolute atomic E-state index is 0.296. The summed E-state index contributed by atoms with van der Waals surface area (Å²) in [6.07, 6.45) is -2.86. The lowest BCUT2D eigenvalue weighted by Gasteiger charge is -2.22. The van der Waals surface area contributed by atoms with Crippen LogP contribution in [-0.2, 0) is 18.0 Å². The SMILES string of the molecule is C[C@H](CN)CCc1cc(C(C)(C)C)cc(C(F)(F)F)c1. The second-order valence-electron chi connectivity index (χ2n) is 6.55. The van der Waals surface area contributed by atoms with E-state index in [4.69, 9.17) is 5.73 Å². The normalized spacial score (nSPS) is 14.4. The quantitative estimate of drug-likeness (QED) is 0.865. The van der Waals surface area contributed by atoms with Crippen LogP contribution in [0.3, 0.4) is 0 Å². The summed E-state index contributed by atoms with van der Waals surface area (Å²) >= 11 is 0. The van der Waals surface area contributed by atoms with Crippen molar-refractivity contribution in [2.24, 2.45) is 11.7 Å². The molecule has 20 heavy (non-hydrogen) atoms. The summed E-state index contributed by atoms with van der Waals surface area (Å²) in [5, 5.41) is 0. The predicted octanol–water partition coefficient (Wildman–Crippen LogP) is 4.53. The van der Waals surface area contributed by atoms with Gasteiger partial charge in [-0.25, -0.2) is 0 Å². The number of hydrogen-bond donors (Lipinski definition) is 1. The van der Waals surface area contributed by atoms with Gasteiger partial charge < -0.3 is 5.73 Å². The summed E-state index contributed by atoms with van der Waals surface area (Å²) in [7, 11) is 0. The number of alkyl halides is 3. The van der Waals surface area contributed by atoms with Crippen molar-refractivity contribution in [3.8, 4) is 0 Å². The van der Waals surface area contributed by atoms with Gasteiger partial charge in [0.05, 0.1) is 5.56 Å². The molecule has 4 heteroatoms. The molecule has 0 aliphatic heterocycles. The largest absolute Gasteiger partial charge is 0.416 e. The lowest BCUT2D eigenvalue weighted by atomic mass is 9.84. The van der Waals surface area contributed by atoms with Crippen LogP contribution >= 0.6 is 0 Å². The minimum Gasteiger partial charge on any atom is -0.330 e. The van der Waals surface area contributed by atoms with Crippen LogP contribution in [0.25, 0.3) is 0 Å². The highest BCUT2D eigenvalue weighted by atomic mass is 19.4. The molecule has 0 radical (unpaired) electrons. The summed E-state index contributed by atoms with van der Waals surface area (Å²) in [5.74, 6) is 0.322. The van der Waals surface area contributed by atoms with E-state index in [-0.39, 0.29) is 5.41 Å². The first-order chi connectivity index (χ1) is 9.04. The fraction of sp³-hybridized carbons (Fsp3) is 0.625. The third-order valence-corrected chi connectivity index (χ3v) is 3.51. The van der Waals surface area contributed by atoms with Crippen molar-refractivity contribution in [1.29, 1.82) is 0 Å². The Bertz CT molecular complexity index is 412. The summed E-state index contributed by atoms with van der Waals surface area (Å²) < 4.78 is 38.9. The van der Waals surface area contributed by atoms with Gasteiger partial charge >= 0.3 is 6.18 Å². The number of hydrogen-bond acceptors (Lipinski definition) is 1. The molecule has 114 valence electrons. The third kappa shape index (κ3) is 4.82. The lowest BCUT2D eigenvalue weighted by molar-refractivity contribution is -0.137. The molecular weight excluding hydrogens is 263 g/mol. The number of rotatable bonds is 4. The molecule has 0 aliphatic rings. The molecular formula is C16H24F3N. The smallest absolute Gasteiger partial charge is 0.330 e. The van der Waals surface area contributed by atoms with Gasteiger partial charge in [0.2, 0.25) is 0 Å². The van der Waals surface area contributed by atoms with Crippen LogP contribution in [0.4, 0.5) is 13.2 Å². The molecule has 0 bridgehead atoms. The van der Waals surface area contributed by atoms with Crippen molar-refractivity contribution in [1.82, 2.24) is 0 Å². The van der Waals surface area contributed by atoms with Gasteiger partial charge in [-0.1, -0.05) is 33.8 Å². The van der Waals surface area contributed by atoms with Crippen molar-refractivity contribution in [2.75, 3.05) is 6.54 Å². The highest BCUT2D eigenvalue weighted by Crippen LogP contribution is 2.34. The first-order valence-electron chi connectivity index (χ1n) is 6.95. The standard InChI is InChI=1S/C16H24F3N/c1-11(10-20)5-6-12-7-13(15(2,3)4)9-14(8-12)16(17,18)19/h7-9,11H,5-6,10,20H2,1-4H3/t11-/m0/s1. The van der Waals surface area contributed by atoms with Crippen molar-refractivity contribution >= 4 is 0 Å². The average molecular weight is 287 g/mol. The van der Waals surface area contributed by atoms with Crippen molar-refractivity contribution in [2.45, 2.75) is 52.1 Å². The van der Waals surface area contributed by atoms with Gasteiger partial charge in [0.25, 0.3) is 0 Å². The Balaban J connectivity index is 3.11. The van der Waals surface area contributed by atoms with Gasteiger partial charge in [0, 0.05) is 0 Å². The molecule has 1 nitrogen and oxygen atoms in total. The number of nitrogens with two attached hydrogens (primary N) is 1. The van der Waals surface area contributed by atoms with E-state index in [1.165, 1.54) is 12.1 Å². The lowest BCUT2D eigenvalue weighted by Crippen LogP contribution is -2.16. The van der Waals surface area contributed by atoms with Crippen LogP contribution in [0, 0.1) is 5.92 Å². The fourth-order valence-electron chi connectivity index (χ4n) is 1.96. The van der Waals surface area contributed by atoms with E-state index in [9.17, 15) is 13.2 Å². The number of aryl methyl sites for hydroxylation is 1. The van der Waals surface area contributed by atoms with Gasteiger partial charge in [0.1, 0.15) is 0 Å². The molecule has 0 saturated heterocycles. The van der Waals surface area contributed by atoms with Gasteiger partial charge in [-0.2, -0.15) is 13.2 Å². The summed E-state index contributed by atoms with van der Waals surface area (Å²) in [6, 6.07) is 4.41. The molecule has 0 spiro atoms. The molecule has 1 aromatic carbocycles. The molecule has 2 N–H and O–H groups in total. The van der Waals surface area contributed by atoms with E-state index < -0.39 is 11.7 Å². The summed E-state index contributed by atoms with van der Waals surface area (Å²) in [6.45, 7) is 8.35. The highest BCUT2D eigenvalue weighted by molar-refractivity contribution is 5.35. The molecule has 1 aromatic rings. The third-order valence-electron chi connectivity index (χ3n) is 3.51. The van der Waals surface area contributed by atoms with E-state index in [2.05, 4.69) is 0 Å². The Morgan fingerprint density at radius 2 is 1.60 bits per heavy atom. The van der Waals surface area contributed by atoms with Gasteiger partial charge in [-0.05, 0) is 54.0 Å². The van der Waals surface area contributed by atoms with Crippen LogP contribution in [0.2, 0.25) is 0 Å². The molecule has 0 aliphatic carbocycles. The van der Waals surface area contributed by atoms with Crippen molar-refractivity contribution in [3.05, 3.63) is 34.9 Å². The topological polar surface area (TPSA) is 26.0 Å². The molecule has 0 heterocycles. The minimum atomic E-state index is -4.30. The monoisotopic (exact) mass is 287 g/mol. The Kier molecular flexibility index (Phi) is 5.25. The Morgan fingerprint density at radius 1 is 1.05 bits per heavy atom. The number of benzene rings is 1. The van der Waals surface area contributed by atoms with Crippen molar-refractivity contribution < 1.29 is 13.2 Å². The maximum Gasteiger partial charge on any atom is 0.416 e. The zero-order valence-electron chi connectivity index (χ0n) is 12.6. The molecule has 0 fully saturated rings. The maximum atomic E-state index is 13.0. The molecule has 1 atom stereocenters. The Labute approximate surface area is 119 Å². The molecule has 0 saturated carbocycles. The Hall–Kier alpha value is -1.03. The fourth-order valence-corrected chi connectivity index (χ4v) is 1.96. The zero-order chi connectivity index (χ0) is 15.6. The zero-order valence-corrected chi connectivity index (χ0v) is 12.6. The molecule has 0 aromatic heterocycles. The van der Waals surface area contributed by atoms with Crippen LogP contribution in [0.1, 0.15) is 50.8 Å². The van der Waals surface area contributed by atoms with Gasteiger partial charge in [0.15, 0.2) is 0 Å². The van der Waals surface area contributed by atoms with Crippen molar-refractivity contribution in [3.63, 3.8) is 0 Å².